The third-order valence-electron chi connectivity index (χ3n) is 2.71. The molecule has 3 unspecified atom stereocenters. The molecule has 0 spiro atoms. The Balaban J connectivity index is 2.55. The number of carbonyl (C=O) groups is 1. The number of nitrogens with two attached hydrogens (primary N) is 1. The molecule has 3 atom stereocenters. The molecule has 82 valence electrons. The van der Waals surface area contributed by atoms with Crippen molar-refractivity contribution in [2.24, 2.45) is 11.7 Å². The molecule has 1 saturated heterocycles. The number of ether oxygens (including phenoxy) is 1. The predicted molar refractivity (Wildman–Crippen MR) is 51.6 cm³/mol. The van der Waals surface area contributed by atoms with Crippen LogP contribution < -0.4 is 5.73 Å². The first kappa shape index (κ1) is 11.4. The molecule has 3 N–H and O–H groups in total. The van der Waals surface area contributed by atoms with Crippen LogP contribution in [0.25, 0.3) is 0 Å². The maximum Gasteiger partial charge on any atom is 0.229 e. The van der Waals surface area contributed by atoms with Crippen molar-refractivity contribution in [2.45, 2.75) is 19.0 Å². The van der Waals surface area contributed by atoms with E-state index in [4.69, 9.17) is 15.6 Å². The average molecular weight is 202 g/mol. The highest BCUT2D eigenvalue weighted by atomic mass is 16.5. The normalized spacial score (nSPS) is 28.9. The van der Waals surface area contributed by atoms with Gasteiger partial charge in [-0.1, -0.05) is 0 Å². The first-order valence-corrected chi connectivity index (χ1v) is 4.78. The predicted octanol–water partition coefficient (Wildman–Crippen LogP) is -1.20. The quantitative estimate of drug-likeness (QED) is 0.602. The van der Waals surface area contributed by atoms with Gasteiger partial charge in [0.05, 0.1) is 31.8 Å². The standard InChI is InChI=1S/C9H18N2O3/c1-6(3-12)11(2)9(13)7-4-14-5-8(7)10/h6-8,12H,3-5,10H2,1-2H3. The molecule has 0 aromatic carbocycles. The Kier molecular flexibility index (Phi) is 3.86. The maximum absolute atomic E-state index is 11.8. The van der Waals surface area contributed by atoms with Gasteiger partial charge in [-0.2, -0.15) is 0 Å². The summed E-state index contributed by atoms with van der Waals surface area (Å²) in [5.41, 5.74) is 5.72. The largest absolute Gasteiger partial charge is 0.394 e. The number of rotatable bonds is 3. The van der Waals surface area contributed by atoms with Crippen LogP contribution in [0.4, 0.5) is 0 Å². The van der Waals surface area contributed by atoms with Gasteiger partial charge < -0.3 is 20.5 Å². The fourth-order valence-corrected chi connectivity index (χ4v) is 1.43. The topological polar surface area (TPSA) is 75.8 Å². The van der Waals surface area contributed by atoms with E-state index in [0.717, 1.165) is 0 Å². The van der Waals surface area contributed by atoms with E-state index >= 15 is 0 Å². The number of amides is 1. The number of aliphatic hydroxyl groups excluding tert-OH is 1. The van der Waals surface area contributed by atoms with Gasteiger partial charge in [0.1, 0.15) is 0 Å². The second-order valence-electron chi connectivity index (χ2n) is 3.79. The summed E-state index contributed by atoms with van der Waals surface area (Å²) in [7, 11) is 1.67. The fraction of sp³-hybridized carbons (Fsp3) is 0.889. The van der Waals surface area contributed by atoms with Gasteiger partial charge in [0.2, 0.25) is 5.91 Å². The molecular weight excluding hydrogens is 184 g/mol. The van der Waals surface area contributed by atoms with E-state index in [1.165, 1.54) is 4.90 Å². The van der Waals surface area contributed by atoms with E-state index in [1.54, 1.807) is 14.0 Å². The van der Waals surface area contributed by atoms with Crippen LogP contribution in [0.5, 0.6) is 0 Å². The second kappa shape index (κ2) is 4.72. The van der Waals surface area contributed by atoms with E-state index in [2.05, 4.69) is 0 Å². The van der Waals surface area contributed by atoms with Crippen molar-refractivity contribution in [3.8, 4) is 0 Å². The number of hydrogen-bond acceptors (Lipinski definition) is 4. The second-order valence-corrected chi connectivity index (χ2v) is 3.79. The van der Waals surface area contributed by atoms with Crippen LogP contribution in [0.3, 0.4) is 0 Å². The van der Waals surface area contributed by atoms with Crippen LogP contribution in [0.1, 0.15) is 6.92 Å². The Labute approximate surface area is 83.8 Å². The molecule has 1 rings (SSSR count). The van der Waals surface area contributed by atoms with Crippen molar-refractivity contribution in [1.29, 1.82) is 0 Å². The fourth-order valence-electron chi connectivity index (χ4n) is 1.43. The summed E-state index contributed by atoms with van der Waals surface area (Å²) in [6.45, 7) is 2.59. The Morgan fingerprint density at radius 1 is 1.71 bits per heavy atom. The van der Waals surface area contributed by atoms with Crippen LogP contribution in [-0.4, -0.2) is 54.9 Å². The first-order valence-electron chi connectivity index (χ1n) is 4.78. The van der Waals surface area contributed by atoms with E-state index < -0.39 is 0 Å². The maximum atomic E-state index is 11.8. The van der Waals surface area contributed by atoms with Gasteiger partial charge in [0, 0.05) is 13.1 Å². The molecular formula is C9H18N2O3. The van der Waals surface area contributed by atoms with Gasteiger partial charge in [0.25, 0.3) is 0 Å². The summed E-state index contributed by atoms with van der Waals surface area (Å²) >= 11 is 0. The van der Waals surface area contributed by atoms with Gasteiger partial charge in [-0.05, 0) is 6.92 Å². The number of likely N-dealkylation sites (N-methyl/N-ethyl adjacent to an activating group) is 1. The molecule has 1 aliphatic heterocycles. The number of hydrogen-bond donors (Lipinski definition) is 2. The molecule has 1 fully saturated rings. The highest BCUT2D eigenvalue weighted by Gasteiger charge is 2.34. The zero-order valence-electron chi connectivity index (χ0n) is 8.64. The monoisotopic (exact) mass is 202 g/mol. The molecule has 1 aliphatic rings. The summed E-state index contributed by atoms with van der Waals surface area (Å²) in [4.78, 5) is 13.3. The number of carbonyl (C=O) groups excluding carboxylic acids is 1. The lowest BCUT2D eigenvalue weighted by molar-refractivity contribution is -0.137. The molecule has 14 heavy (non-hydrogen) atoms. The highest BCUT2D eigenvalue weighted by Crippen LogP contribution is 2.15. The molecule has 5 heteroatoms. The number of aliphatic hydroxyl groups is 1. The van der Waals surface area contributed by atoms with E-state index in [1.807, 2.05) is 0 Å². The summed E-state index contributed by atoms with van der Waals surface area (Å²) in [5.74, 6) is -0.300. The van der Waals surface area contributed by atoms with Crippen LogP contribution in [-0.2, 0) is 9.53 Å². The molecule has 0 saturated carbocycles. The molecule has 1 heterocycles. The van der Waals surface area contributed by atoms with Crippen molar-refractivity contribution in [3.63, 3.8) is 0 Å². The van der Waals surface area contributed by atoms with Crippen molar-refractivity contribution in [1.82, 2.24) is 4.90 Å². The SMILES string of the molecule is CC(CO)N(C)C(=O)C1COCC1N. The lowest BCUT2D eigenvalue weighted by Crippen LogP contribution is -2.46. The zero-order chi connectivity index (χ0) is 10.7. The summed E-state index contributed by atoms with van der Waals surface area (Å²) in [6, 6.07) is -0.383. The number of nitrogens with zero attached hydrogens (tertiary/aromatic N) is 1. The minimum Gasteiger partial charge on any atom is -0.394 e. The Morgan fingerprint density at radius 2 is 2.36 bits per heavy atom. The smallest absolute Gasteiger partial charge is 0.229 e. The summed E-state index contributed by atoms with van der Waals surface area (Å²) in [5, 5.41) is 8.91. The Hall–Kier alpha value is -0.650. The van der Waals surface area contributed by atoms with Crippen LogP contribution >= 0.6 is 0 Å². The summed E-state index contributed by atoms with van der Waals surface area (Å²) in [6.07, 6.45) is 0. The van der Waals surface area contributed by atoms with Gasteiger partial charge in [0.15, 0.2) is 0 Å². The van der Waals surface area contributed by atoms with Gasteiger partial charge in [-0.3, -0.25) is 4.79 Å². The van der Waals surface area contributed by atoms with Gasteiger partial charge in [-0.15, -0.1) is 0 Å². The van der Waals surface area contributed by atoms with E-state index in [0.29, 0.717) is 13.2 Å². The Bertz CT molecular complexity index is 210. The van der Waals surface area contributed by atoms with Gasteiger partial charge in [-0.25, -0.2) is 0 Å². The molecule has 0 radical (unpaired) electrons. The zero-order valence-corrected chi connectivity index (χ0v) is 8.64. The van der Waals surface area contributed by atoms with Crippen molar-refractivity contribution in [2.75, 3.05) is 26.9 Å². The molecule has 0 bridgehead atoms. The van der Waals surface area contributed by atoms with Crippen LogP contribution in [0.15, 0.2) is 0 Å². The molecule has 5 nitrogen and oxygen atoms in total. The highest BCUT2D eigenvalue weighted by molar-refractivity contribution is 5.80. The minimum absolute atomic E-state index is 0.0367. The average Bonchev–Trinajstić information content (AvgIpc) is 2.61. The lowest BCUT2D eigenvalue weighted by atomic mass is 10.0. The Morgan fingerprint density at radius 3 is 2.79 bits per heavy atom. The minimum atomic E-state index is -0.256. The third-order valence-corrected chi connectivity index (χ3v) is 2.71. The first-order chi connectivity index (χ1) is 6.57. The lowest BCUT2D eigenvalue weighted by Gasteiger charge is -2.26. The van der Waals surface area contributed by atoms with Crippen molar-refractivity contribution < 1.29 is 14.6 Å². The molecule has 0 aromatic rings. The van der Waals surface area contributed by atoms with Gasteiger partial charge >= 0.3 is 0 Å². The van der Waals surface area contributed by atoms with Crippen LogP contribution in [0.2, 0.25) is 0 Å². The van der Waals surface area contributed by atoms with Crippen molar-refractivity contribution in [3.05, 3.63) is 0 Å². The third kappa shape index (κ3) is 2.23. The molecule has 0 aliphatic carbocycles. The van der Waals surface area contributed by atoms with E-state index in [9.17, 15) is 4.79 Å². The molecule has 0 aromatic heterocycles. The molecule has 1 amide bonds. The van der Waals surface area contributed by atoms with Crippen molar-refractivity contribution >= 4 is 5.91 Å². The van der Waals surface area contributed by atoms with E-state index in [-0.39, 0.29) is 30.5 Å². The van der Waals surface area contributed by atoms with Crippen LogP contribution in [0, 0.1) is 5.92 Å². The summed E-state index contributed by atoms with van der Waals surface area (Å²) < 4.78 is 5.12.